The van der Waals surface area contributed by atoms with E-state index in [-0.39, 0.29) is 5.91 Å². The van der Waals surface area contributed by atoms with Gasteiger partial charge >= 0.3 is 0 Å². The molecule has 0 bridgehead atoms. The molecule has 2 aromatic rings. The maximum absolute atomic E-state index is 12.8. The Morgan fingerprint density at radius 1 is 1.14 bits per heavy atom. The predicted octanol–water partition coefficient (Wildman–Crippen LogP) is 3.27. The van der Waals surface area contributed by atoms with Crippen LogP contribution in [0.1, 0.15) is 29.5 Å². The van der Waals surface area contributed by atoms with Crippen molar-refractivity contribution in [2.75, 3.05) is 12.4 Å². The zero-order chi connectivity index (χ0) is 14.4. The number of para-hydroxylation sites is 1. The third-order valence-electron chi connectivity index (χ3n) is 4.79. The Labute approximate surface area is 123 Å². The minimum Gasteiger partial charge on any atom is -0.497 e. The Hall–Kier alpha value is -2.29. The second-order valence-corrected chi connectivity index (χ2v) is 5.78. The number of hydrogen-bond acceptors (Lipinski definition) is 2. The van der Waals surface area contributed by atoms with Crippen LogP contribution in [-0.4, -0.2) is 13.0 Å². The smallest absolute Gasteiger partial charge is 0.239 e. The molecule has 1 amide bonds. The number of fused-ring (bicyclic) bond motifs is 4. The molecule has 106 valence electrons. The number of amides is 1. The maximum Gasteiger partial charge on any atom is 0.239 e. The first-order chi connectivity index (χ1) is 10.3. The average molecular weight is 279 g/mol. The van der Waals surface area contributed by atoms with Gasteiger partial charge in [-0.15, -0.1) is 0 Å². The lowest BCUT2D eigenvalue weighted by molar-refractivity contribution is -0.119. The van der Waals surface area contributed by atoms with Gasteiger partial charge in [-0.25, -0.2) is 0 Å². The standard InChI is InChI=1S/C18H17NO2/c1-21-13-8-9-14-12(11-13)5-4-10-18(14)15-6-2-3-7-16(15)19-17(18)20/h2-3,6-9,11H,4-5,10H2,1H3,(H,19,20). The first kappa shape index (κ1) is 12.5. The van der Waals surface area contributed by atoms with Gasteiger partial charge < -0.3 is 10.1 Å². The highest BCUT2D eigenvalue weighted by Crippen LogP contribution is 2.49. The van der Waals surface area contributed by atoms with Crippen molar-refractivity contribution < 1.29 is 9.53 Å². The number of carbonyl (C=O) groups excluding carboxylic acids is 1. The second kappa shape index (κ2) is 4.35. The summed E-state index contributed by atoms with van der Waals surface area (Å²) in [5, 5.41) is 3.06. The molecule has 1 aliphatic carbocycles. The van der Waals surface area contributed by atoms with E-state index in [0.29, 0.717) is 0 Å². The van der Waals surface area contributed by atoms with Crippen LogP contribution >= 0.6 is 0 Å². The van der Waals surface area contributed by atoms with E-state index in [1.807, 2.05) is 24.3 Å². The van der Waals surface area contributed by atoms with Crippen molar-refractivity contribution in [3.8, 4) is 5.75 Å². The number of hydrogen-bond donors (Lipinski definition) is 1. The van der Waals surface area contributed by atoms with Crippen molar-refractivity contribution in [3.63, 3.8) is 0 Å². The van der Waals surface area contributed by atoms with Crippen molar-refractivity contribution in [1.29, 1.82) is 0 Å². The maximum atomic E-state index is 12.8. The van der Waals surface area contributed by atoms with E-state index in [2.05, 4.69) is 23.5 Å². The van der Waals surface area contributed by atoms with Crippen LogP contribution in [0.2, 0.25) is 0 Å². The van der Waals surface area contributed by atoms with Gasteiger partial charge in [-0.1, -0.05) is 24.3 Å². The molecule has 1 atom stereocenters. The summed E-state index contributed by atoms with van der Waals surface area (Å²) in [7, 11) is 1.68. The van der Waals surface area contributed by atoms with Crippen LogP contribution in [0.4, 0.5) is 5.69 Å². The van der Waals surface area contributed by atoms with Crippen molar-refractivity contribution in [2.24, 2.45) is 0 Å². The number of rotatable bonds is 1. The van der Waals surface area contributed by atoms with Gasteiger partial charge in [0, 0.05) is 5.69 Å². The molecular formula is C18H17NO2. The van der Waals surface area contributed by atoms with Crippen molar-refractivity contribution in [2.45, 2.75) is 24.7 Å². The molecule has 1 heterocycles. The molecule has 0 saturated carbocycles. The highest BCUT2D eigenvalue weighted by molar-refractivity contribution is 6.09. The number of nitrogens with one attached hydrogen (secondary N) is 1. The minimum atomic E-state index is -0.517. The summed E-state index contributed by atoms with van der Waals surface area (Å²) in [5.41, 5.74) is 3.91. The summed E-state index contributed by atoms with van der Waals surface area (Å²) in [6.45, 7) is 0. The Morgan fingerprint density at radius 3 is 2.86 bits per heavy atom. The van der Waals surface area contributed by atoms with Gasteiger partial charge in [0.15, 0.2) is 0 Å². The van der Waals surface area contributed by atoms with Gasteiger partial charge in [-0.2, -0.15) is 0 Å². The largest absolute Gasteiger partial charge is 0.497 e. The fourth-order valence-electron chi connectivity index (χ4n) is 3.83. The van der Waals surface area contributed by atoms with Crippen LogP contribution in [-0.2, 0) is 16.6 Å². The van der Waals surface area contributed by atoms with E-state index in [9.17, 15) is 4.79 Å². The van der Waals surface area contributed by atoms with Crippen molar-refractivity contribution in [1.82, 2.24) is 0 Å². The minimum absolute atomic E-state index is 0.106. The van der Waals surface area contributed by atoms with Crippen molar-refractivity contribution >= 4 is 11.6 Å². The summed E-state index contributed by atoms with van der Waals surface area (Å²) in [4.78, 5) is 12.8. The summed E-state index contributed by atoms with van der Waals surface area (Å²) in [5.74, 6) is 0.965. The number of ether oxygens (including phenoxy) is 1. The number of carbonyl (C=O) groups is 1. The van der Waals surface area contributed by atoms with E-state index < -0.39 is 5.41 Å². The van der Waals surface area contributed by atoms with Crippen molar-refractivity contribution in [3.05, 3.63) is 59.2 Å². The first-order valence-corrected chi connectivity index (χ1v) is 7.34. The molecule has 1 spiro atoms. The molecular weight excluding hydrogens is 262 g/mol. The topological polar surface area (TPSA) is 38.3 Å². The Bertz CT molecular complexity index is 738. The summed E-state index contributed by atoms with van der Waals surface area (Å²) in [6.07, 6.45) is 2.89. The van der Waals surface area contributed by atoms with Gasteiger partial charge in [-0.05, 0) is 54.2 Å². The van der Waals surface area contributed by atoms with E-state index in [4.69, 9.17) is 4.74 Å². The molecule has 2 aromatic carbocycles. The molecule has 3 nitrogen and oxygen atoms in total. The summed E-state index contributed by atoms with van der Waals surface area (Å²) < 4.78 is 5.33. The molecule has 4 rings (SSSR count). The van der Waals surface area contributed by atoms with E-state index in [0.717, 1.165) is 41.8 Å². The normalized spacial score (nSPS) is 22.6. The SMILES string of the molecule is COc1ccc2c(c1)CCCC21C(=O)Nc2ccccc21. The quantitative estimate of drug-likeness (QED) is 0.870. The predicted molar refractivity (Wildman–Crippen MR) is 81.8 cm³/mol. The van der Waals surface area contributed by atoms with E-state index >= 15 is 0 Å². The number of aryl methyl sites for hydroxylation is 1. The molecule has 0 aromatic heterocycles. The molecule has 21 heavy (non-hydrogen) atoms. The molecule has 0 fully saturated rings. The molecule has 0 radical (unpaired) electrons. The Kier molecular flexibility index (Phi) is 2.58. The van der Waals surface area contributed by atoms with Crippen LogP contribution in [0.3, 0.4) is 0 Å². The van der Waals surface area contributed by atoms with Gasteiger partial charge in [0.05, 0.1) is 7.11 Å². The fraction of sp³-hybridized carbons (Fsp3) is 0.278. The molecule has 0 saturated heterocycles. The van der Waals surface area contributed by atoms with Crippen LogP contribution < -0.4 is 10.1 Å². The summed E-state index contributed by atoms with van der Waals surface area (Å²) in [6, 6.07) is 14.1. The molecule has 2 aliphatic rings. The molecule has 1 unspecified atom stereocenters. The lowest BCUT2D eigenvalue weighted by Crippen LogP contribution is -2.38. The average Bonchev–Trinajstić information content (AvgIpc) is 2.80. The number of benzene rings is 2. The number of anilines is 1. The fourth-order valence-corrected chi connectivity index (χ4v) is 3.83. The Balaban J connectivity index is 1.97. The van der Waals surface area contributed by atoms with Gasteiger partial charge in [0.25, 0.3) is 0 Å². The highest BCUT2D eigenvalue weighted by Gasteiger charge is 2.49. The van der Waals surface area contributed by atoms with Crippen LogP contribution in [0.5, 0.6) is 5.75 Å². The van der Waals surface area contributed by atoms with Gasteiger partial charge in [0.1, 0.15) is 11.2 Å². The summed E-state index contributed by atoms with van der Waals surface area (Å²) >= 11 is 0. The second-order valence-electron chi connectivity index (χ2n) is 5.78. The first-order valence-electron chi connectivity index (χ1n) is 7.34. The van der Waals surface area contributed by atoms with Crippen LogP contribution in [0.15, 0.2) is 42.5 Å². The molecule has 3 heteroatoms. The Morgan fingerprint density at radius 2 is 2.00 bits per heavy atom. The third kappa shape index (κ3) is 1.57. The van der Waals surface area contributed by atoms with Crippen LogP contribution in [0, 0.1) is 0 Å². The van der Waals surface area contributed by atoms with Crippen LogP contribution in [0.25, 0.3) is 0 Å². The zero-order valence-corrected chi connectivity index (χ0v) is 12.0. The number of methoxy groups -OCH3 is 1. The zero-order valence-electron chi connectivity index (χ0n) is 12.0. The lowest BCUT2D eigenvalue weighted by atomic mass is 9.66. The third-order valence-corrected chi connectivity index (χ3v) is 4.79. The molecule has 1 N–H and O–H groups in total. The lowest BCUT2D eigenvalue weighted by Gasteiger charge is -2.34. The molecule has 1 aliphatic heterocycles. The monoisotopic (exact) mass is 279 g/mol. The van der Waals surface area contributed by atoms with E-state index in [1.54, 1.807) is 7.11 Å². The van der Waals surface area contributed by atoms with Gasteiger partial charge in [-0.3, -0.25) is 4.79 Å². The van der Waals surface area contributed by atoms with E-state index in [1.165, 1.54) is 5.56 Å². The highest BCUT2D eigenvalue weighted by atomic mass is 16.5. The van der Waals surface area contributed by atoms with Gasteiger partial charge in [0.2, 0.25) is 5.91 Å².